The van der Waals surface area contributed by atoms with Gasteiger partial charge in [-0.15, -0.1) is 0 Å². The highest BCUT2D eigenvalue weighted by Gasteiger charge is 2.39. The number of carbonyl (C=O) groups is 1. The van der Waals surface area contributed by atoms with Crippen LogP contribution in [-0.4, -0.2) is 53.6 Å². The smallest absolute Gasteiger partial charge is 0.392 e. The minimum absolute atomic E-state index is 0.0539. The molecule has 2 unspecified atom stereocenters. The quantitative estimate of drug-likeness (QED) is 0.893. The van der Waals surface area contributed by atoms with Gasteiger partial charge in [0.25, 0.3) is 0 Å². The first-order chi connectivity index (χ1) is 11.2. The molecule has 7 heteroatoms. The number of rotatable bonds is 5. The minimum Gasteiger partial charge on any atom is -0.392 e. The first-order valence-electron chi connectivity index (χ1n) is 8.06. The minimum atomic E-state index is -4.44. The van der Waals surface area contributed by atoms with Crippen molar-refractivity contribution >= 4 is 5.91 Å². The van der Waals surface area contributed by atoms with E-state index in [1.165, 1.54) is 12.1 Å². The van der Waals surface area contributed by atoms with Crippen molar-refractivity contribution in [1.82, 2.24) is 9.80 Å². The van der Waals surface area contributed by atoms with Crippen molar-refractivity contribution in [3.05, 3.63) is 35.4 Å². The van der Waals surface area contributed by atoms with Crippen LogP contribution in [0.1, 0.15) is 36.9 Å². The molecule has 1 amide bonds. The molecule has 1 heterocycles. The molecular weight excluding hydrogens is 321 g/mol. The Bertz CT molecular complexity index is 577. The molecule has 0 bridgehead atoms. The molecule has 1 aliphatic heterocycles. The highest BCUT2D eigenvalue weighted by atomic mass is 19.4. The monoisotopic (exact) mass is 344 g/mol. The maximum absolute atomic E-state index is 13.2. The van der Waals surface area contributed by atoms with E-state index in [4.69, 9.17) is 0 Å². The van der Waals surface area contributed by atoms with Crippen LogP contribution in [0.15, 0.2) is 24.3 Å². The van der Waals surface area contributed by atoms with Gasteiger partial charge < -0.3 is 10.0 Å². The normalized spacial score (nSPS) is 21.9. The lowest BCUT2D eigenvalue weighted by molar-refractivity contribution is -0.139. The highest BCUT2D eigenvalue weighted by Crippen LogP contribution is 2.40. The summed E-state index contributed by atoms with van der Waals surface area (Å²) < 4.78 is 39.7. The molecule has 0 aromatic heterocycles. The van der Waals surface area contributed by atoms with E-state index in [0.717, 1.165) is 6.07 Å². The predicted molar refractivity (Wildman–Crippen MR) is 84.3 cm³/mol. The van der Waals surface area contributed by atoms with Crippen LogP contribution in [0.5, 0.6) is 0 Å². The maximum Gasteiger partial charge on any atom is 0.416 e. The molecule has 1 aliphatic rings. The summed E-state index contributed by atoms with van der Waals surface area (Å²) >= 11 is 0. The van der Waals surface area contributed by atoms with Crippen LogP contribution in [0.2, 0.25) is 0 Å². The van der Waals surface area contributed by atoms with Gasteiger partial charge in [0.1, 0.15) is 0 Å². The van der Waals surface area contributed by atoms with E-state index < -0.39 is 23.9 Å². The van der Waals surface area contributed by atoms with E-state index in [1.54, 1.807) is 22.9 Å². The van der Waals surface area contributed by atoms with Crippen molar-refractivity contribution < 1.29 is 23.1 Å². The summed E-state index contributed by atoms with van der Waals surface area (Å²) in [6.07, 6.45) is -4.66. The summed E-state index contributed by atoms with van der Waals surface area (Å²) in [5.41, 5.74) is -0.510. The molecule has 24 heavy (non-hydrogen) atoms. The van der Waals surface area contributed by atoms with Crippen LogP contribution < -0.4 is 0 Å². The molecular formula is C17H23F3N2O2. The van der Waals surface area contributed by atoms with Crippen molar-refractivity contribution in [2.45, 2.75) is 38.1 Å². The Kier molecular flexibility index (Phi) is 5.87. The van der Waals surface area contributed by atoms with Crippen molar-refractivity contribution in [2.24, 2.45) is 0 Å². The molecule has 0 aliphatic carbocycles. The molecule has 1 aromatic rings. The van der Waals surface area contributed by atoms with E-state index in [2.05, 4.69) is 0 Å². The van der Waals surface area contributed by atoms with Crippen LogP contribution >= 0.6 is 0 Å². The molecule has 2 rings (SSSR count). The molecule has 0 saturated carbocycles. The van der Waals surface area contributed by atoms with Crippen molar-refractivity contribution in [1.29, 1.82) is 0 Å². The maximum atomic E-state index is 13.2. The molecule has 1 fully saturated rings. The molecule has 2 atom stereocenters. The first-order valence-corrected chi connectivity index (χ1v) is 8.06. The van der Waals surface area contributed by atoms with Gasteiger partial charge in [0.05, 0.1) is 11.7 Å². The van der Waals surface area contributed by atoms with Crippen LogP contribution in [0.3, 0.4) is 0 Å². The number of amides is 1. The number of benzene rings is 1. The lowest BCUT2D eigenvalue weighted by Gasteiger charge is -2.27. The van der Waals surface area contributed by atoms with Crippen molar-refractivity contribution in [3.8, 4) is 0 Å². The van der Waals surface area contributed by atoms with Crippen LogP contribution in [0.25, 0.3) is 0 Å². The van der Waals surface area contributed by atoms with Gasteiger partial charge in [0, 0.05) is 39.1 Å². The fraction of sp³-hybridized carbons (Fsp3) is 0.588. The lowest BCUT2D eigenvalue weighted by atomic mass is 9.97. The zero-order valence-corrected chi connectivity index (χ0v) is 13.9. The predicted octanol–water partition coefficient (Wildman–Crippen LogP) is 2.68. The Labute approximate surface area is 139 Å². The third kappa shape index (κ3) is 4.27. The Morgan fingerprint density at radius 1 is 1.38 bits per heavy atom. The van der Waals surface area contributed by atoms with Gasteiger partial charge in [-0.1, -0.05) is 18.2 Å². The molecule has 1 saturated heterocycles. The Morgan fingerprint density at radius 2 is 2.04 bits per heavy atom. The lowest BCUT2D eigenvalue weighted by Crippen LogP contribution is -2.33. The summed E-state index contributed by atoms with van der Waals surface area (Å²) in [4.78, 5) is 15.3. The first kappa shape index (κ1) is 18.7. The number of nitrogens with zero attached hydrogens (tertiary/aromatic N) is 2. The van der Waals surface area contributed by atoms with Gasteiger partial charge in [0.15, 0.2) is 0 Å². The number of halogens is 3. The van der Waals surface area contributed by atoms with Gasteiger partial charge in [-0.2, -0.15) is 13.2 Å². The number of hydrogen-bond acceptors (Lipinski definition) is 3. The Balaban J connectivity index is 2.18. The average Bonchev–Trinajstić information content (AvgIpc) is 2.91. The second-order valence-electron chi connectivity index (χ2n) is 6.14. The summed E-state index contributed by atoms with van der Waals surface area (Å²) in [6, 6.07) is 4.93. The van der Waals surface area contributed by atoms with Crippen molar-refractivity contribution in [2.75, 3.05) is 26.7 Å². The number of β-amino-alcohol motifs (C(OH)–C–C–N with tert-alkyl or cyclic N) is 1. The summed E-state index contributed by atoms with van der Waals surface area (Å²) in [5.74, 6) is -0.0539. The fourth-order valence-corrected chi connectivity index (χ4v) is 3.10. The summed E-state index contributed by atoms with van der Waals surface area (Å²) in [5, 5.41) is 9.93. The third-order valence-electron chi connectivity index (χ3n) is 4.52. The zero-order valence-electron chi connectivity index (χ0n) is 13.9. The van der Waals surface area contributed by atoms with Gasteiger partial charge in [-0.3, -0.25) is 9.69 Å². The SMILES string of the molecule is CCN(C)C(=O)CCN1CC(O)CC1c1ccccc1C(F)(F)F. The molecule has 0 spiro atoms. The standard InChI is InChI=1S/C17H23F3N2O2/c1-3-21(2)16(24)8-9-22-11-12(23)10-15(22)13-6-4-5-7-14(13)17(18,19)20/h4-7,12,15,23H,3,8-11H2,1-2H3. The Morgan fingerprint density at radius 3 is 2.67 bits per heavy atom. The van der Waals surface area contributed by atoms with Crippen LogP contribution in [0, 0.1) is 0 Å². The number of hydrogen-bond donors (Lipinski definition) is 1. The van der Waals surface area contributed by atoms with E-state index in [0.29, 0.717) is 13.1 Å². The number of carbonyl (C=O) groups excluding carboxylic acids is 1. The second kappa shape index (κ2) is 7.53. The number of alkyl halides is 3. The van der Waals surface area contributed by atoms with Crippen LogP contribution in [0.4, 0.5) is 13.2 Å². The molecule has 134 valence electrons. The fourth-order valence-electron chi connectivity index (χ4n) is 3.10. The molecule has 1 N–H and O–H groups in total. The Hall–Kier alpha value is -1.60. The van der Waals surface area contributed by atoms with Crippen molar-refractivity contribution in [3.63, 3.8) is 0 Å². The van der Waals surface area contributed by atoms with E-state index in [9.17, 15) is 23.1 Å². The number of aliphatic hydroxyl groups is 1. The van der Waals surface area contributed by atoms with Gasteiger partial charge in [-0.25, -0.2) is 0 Å². The van der Waals surface area contributed by atoms with E-state index >= 15 is 0 Å². The van der Waals surface area contributed by atoms with Crippen LogP contribution in [-0.2, 0) is 11.0 Å². The van der Waals surface area contributed by atoms with Gasteiger partial charge in [-0.05, 0) is 25.0 Å². The largest absolute Gasteiger partial charge is 0.416 e. The number of likely N-dealkylation sites (tertiary alicyclic amines) is 1. The van der Waals surface area contributed by atoms with Gasteiger partial charge in [0.2, 0.25) is 5.91 Å². The second-order valence-corrected chi connectivity index (χ2v) is 6.14. The van der Waals surface area contributed by atoms with E-state index in [-0.39, 0.29) is 30.9 Å². The summed E-state index contributed by atoms with van der Waals surface area (Å²) in [7, 11) is 1.69. The van der Waals surface area contributed by atoms with E-state index in [1.807, 2.05) is 6.92 Å². The zero-order chi connectivity index (χ0) is 17.9. The van der Waals surface area contributed by atoms with Gasteiger partial charge >= 0.3 is 6.18 Å². The molecule has 4 nitrogen and oxygen atoms in total. The average molecular weight is 344 g/mol. The molecule has 1 aromatic carbocycles. The third-order valence-corrected chi connectivity index (χ3v) is 4.52. The highest BCUT2D eigenvalue weighted by molar-refractivity contribution is 5.76. The summed E-state index contributed by atoms with van der Waals surface area (Å²) in [6.45, 7) is 3.05. The molecule has 0 radical (unpaired) electrons. The number of aliphatic hydroxyl groups excluding tert-OH is 1. The topological polar surface area (TPSA) is 43.8 Å².